The van der Waals surface area contributed by atoms with Crippen LogP contribution in [0.1, 0.15) is 48.5 Å². The van der Waals surface area contributed by atoms with Crippen molar-refractivity contribution in [3.05, 3.63) is 12.2 Å². The highest BCUT2D eigenvalue weighted by molar-refractivity contribution is 5.84. The van der Waals surface area contributed by atoms with Crippen LogP contribution in [0.2, 0.25) is 0 Å². The van der Waals surface area contributed by atoms with Gasteiger partial charge in [-0.1, -0.05) is 6.58 Å². The Morgan fingerprint density at radius 2 is 1.19 bits per heavy atom. The zero-order valence-electron chi connectivity index (χ0n) is 11.4. The highest BCUT2D eigenvalue weighted by Crippen LogP contribution is 2.14. The van der Waals surface area contributed by atoms with Crippen LogP contribution in [0.4, 0.5) is 0 Å². The molecular weight excluding hydrogens is 208 g/mol. The molecule has 0 aromatic carbocycles. The average molecular weight is 232 g/mol. The highest BCUT2D eigenvalue weighted by Gasteiger charge is 2.18. The van der Waals surface area contributed by atoms with Gasteiger partial charge in [-0.3, -0.25) is 0 Å². The van der Waals surface area contributed by atoms with Gasteiger partial charge in [0.25, 0.3) is 0 Å². The lowest BCUT2D eigenvalue weighted by atomic mass is 10.2. The Kier molecular flexibility index (Phi) is 7.29. The SMILES string of the molecule is C=C(C)C(=O)O.CC(C)(C)OOC(C)(C)C. The summed E-state index contributed by atoms with van der Waals surface area (Å²) in [6.45, 7) is 16.3. The van der Waals surface area contributed by atoms with E-state index >= 15 is 0 Å². The van der Waals surface area contributed by atoms with Gasteiger partial charge < -0.3 is 5.11 Å². The number of hydrogen-bond donors (Lipinski definition) is 1. The van der Waals surface area contributed by atoms with Gasteiger partial charge in [0, 0.05) is 5.57 Å². The molecule has 1 N–H and O–H groups in total. The van der Waals surface area contributed by atoms with Crippen LogP contribution in [0.15, 0.2) is 12.2 Å². The fourth-order valence-electron chi connectivity index (χ4n) is 0.250. The molecule has 0 heterocycles. The van der Waals surface area contributed by atoms with Crippen LogP contribution in [-0.4, -0.2) is 22.3 Å². The number of rotatable bonds is 2. The van der Waals surface area contributed by atoms with Gasteiger partial charge in [0.05, 0.1) is 11.2 Å². The van der Waals surface area contributed by atoms with Crippen molar-refractivity contribution < 1.29 is 19.7 Å². The predicted octanol–water partition coefficient (Wildman–Crippen LogP) is 3.18. The maximum Gasteiger partial charge on any atom is 0.330 e. The van der Waals surface area contributed by atoms with Crippen molar-refractivity contribution in [2.24, 2.45) is 0 Å². The highest BCUT2D eigenvalue weighted by atomic mass is 17.2. The fourth-order valence-corrected chi connectivity index (χ4v) is 0.250. The van der Waals surface area contributed by atoms with E-state index in [4.69, 9.17) is 14.9 Å². The summed E-state index contributed by atoms with van der Waals surface area (Å²) in [5.41, 5.74) is -0.254. The predicted molar refractivity (Wildman–Crippen MR) is 64.1 cm³/mol. The van der Waals surface area contributed by atoms with Crippen LogP contribution in [0.25, 0.3) is 0 Å². The lowest BCUT2D eigenvalue weighted by molar-refractivity contribution is -0.393. The Labute approximate surface area is 98.2 Å². The Bertz CT molecular complexity index is 204. The van der Waals surface area contributed by atoms with Gasteiger partial charge in [0.15, 0.2) is 0 Å². The van der Waals surface area contributed by atoms with Crippen molar-refractivity contribution in [2.75, 3.05) is 0 Å². The first-order chi connectivity index (χ1) is 6.85. The van der Waals surface area contributed by atoms with Crippen LogP contribution in [0, 0.1) is 0 Å². The van der Waals surface area contributed by atoms with Crippen LogP contribution in [0.3, 0.4) is 0 Å². The first-order valence-electron chi connectivity index (χ1n) is 5.11. The second-order valence-corrected chi connectivity index (χ2v) is 5.48. The van der Waals surface area contributed by atoms with Crippen molar-refractivity contribution in [3.63, 3.8) is 0 Å². The molecule has 0 saturated carbocycles. The minimum atomic E-state index is -0.935. The molecule has 96 valence electrons. The minimum absolute atomic E-state index is 0.176. The summed E-state index contributed by atoms with van der Waals surface area (Å²) in [6, 6.07) is 0. The molecule has 0 fully saturated rings. The summed E-state index contributed by atoms with van der Waals surface area (Å²) in [5.74, 6) is -0.935. The summed E-state index contributed by atoms with van der Waals surface area (Å²) in [5, 5.41) is 7.89. The van der Waals surface area contributed by atoms with Crippen molar-refractivity contribution in [2.45, 2.75) is 59.7 Å². The number of carboxylic acid groups (broad SMARTS) is 1. The fraction of sp³-hybridized carbons (Fsp3) is 0.750. The molecule has 0 unspecified atom stereocenters. The Hall–Kier alpha value is -0.870. The third-order valence-electron chi connectivity index (χ3n) is 0.907. The molecule has 0 rings (SSSR count). The summed E-state index contributed by atoms with van der Waals surface area (Å²) in [4.78, 5) is 19.8. The van der Waals surface area contributed by atoms with Gasteiger partial charge in [-0.05, 0) is 48.5 Å². The summed E-state index contributed by atoms with van der Waals surface area (Å²) in [7, 11) is 0. The Morgan fingerprint density at radius 3 is 1.25 bits per heavy atom. The van der Waals surface area contributed by atoms with Crippen LogP contribution >= 0.6 is 0 Å². The molecule has 16 heavy (non-hydrogen) atoms. The summed E-state index contributed by atoms with van der Waals surface area (Å²) >= 11 is 0. The topological polar surface area (TPSA) is 55.8 Å². The van der Waals surface area contributed by atoms with Crippen LogP contribution < -0.4 is 0 Å². The maximum absolute atomic E-state index is 9.60. The van der Waals surface area contributed by atoms with Gasteiger partial charge in [0.2, 0.25) is 0 Å². The zero-order chi connectivity index (χ0) is 13.6. The van der Waals surface area contributed by atoms with E-state index in [1.807, 2.05) is 41.5 Å². The number of aliphatic carboxylic acids is 1. The van der Waals surface area contributed by atoms with E-state index in [1.165, 1.54) is 6.92 Å². The standard InChI is InChI=1S/C8H18O2.C4H6O2/c1-7(2,3)9-10-8(4,5)6;1-3(2)4(5)6/h1-6H3;1H2,2H3,(H,5,6). The van der Waals surface area contributed by atoms with Crippen molar-refractivity contribution in [1.29, 1.82) is 0 Å². The van der Waals surface area contributed by atoms with Gasteiger partial charge in [-0.2, -0.15) is 0 Å². The molecule has 0 aliphatic heterocycles. The molecule has 0 aliphatic carbocycles. The molecule has 0 aliphatic rings. The van der Waals surface area contributed by atoms with Gasteiger partial charge in [-0.15, -0.1) is 0 Å². The van der Waals surface area contributed by atoms with E-state index in [2.05, 4.69) is 6.58 Å². The summed E-state index contributed by atoms with van der Waals surface area (Å²) in [6.07, 6.45) is 0. The number of carboxylic acids is 1. The molecule has 0 aromatic heterocycles. The monoisotopic (exact) mass is 232 g/mol. The molecular formula is C12H24O4. The smallest absolute Gasteiger partial charge is 0.330 e. The minimum Gasteiger partial charge on any atom is -0.478 e. The van der Waals surface area contributed by atoms with E-state index in [1.54, 1.807) is 0 Å². The van der Waals surface area contributed by atoms with E-state index in [9.17, 15) is 4.79 Å². The first-order valence-corrected chi connectivity index (χ1v) is 5.11. The number of carbonyl (C=O) groups is 1. The molecule has 0 aromatic rings. The zero-order valence-corrected chi connectivity index (χ0v) is 11.4. The normalized spacial score (nSPS) is 11.4. The largest absolute Gasteiger partial charge is 0.478 e. The third-order valence-corrected chi connectivity index (χ3v) is 0.907. The van der Waals surface area contributed by atoms with Gasteiger partial charge in [0.1, 0.15) is 0 Å². The quantitative estimate of drug-likeness (QED) is 0.451. The summed E-state index contributed by atoms with van der Waals surface area (Å²) < 4.78 is 0. The van der Waals surface area contributed by atoms with E-state index in [-0.39, 0.29) is 16.8 Å². The molecule has 0 bridgehead atoms. The first kappa shape index (κ1) is 17.5. The van der Waals surface area contributed by atoms with E-state index in [0.717, 1.165) is 0 Å². The lowest BCUT2D eigenvalue weighted by Crippen LogP contribution is -2.27. The van der Waals surface area contributed by atoms with E-state index < -0.39 is 5.97 Å². The Morgan fingerprint density at radius 1 is 1.00 bits per heavy atom. The van der Waals surface area contributed by atoms with Crippen molar-refractivity contribution >= 4 is 5.97 Å². The Balaban J connectivity index is 0. The lowest BCUT2D eigenvalue weighted by Gasteiger charge is -2.24. The van der Waals surface area contributed by atoms with Crippen molar-refractivity contribution in [1.82, 2.24) is 0 Å². The second kappa shape index (κ2) is 6.66. The average Bonchev–Trinajstić information content (AvgIpc) is 1.99. The van der Waals surface area contributed by atoms with E-state index in [0.29, 0.717) is 0 Å². The molecule has 4 heteroatoms. The molecule has 4 nitrogen and oxygen atoms in total. The van der Waals surface area contributed by atoms with Gasteiger partial charge >= 0.3 is 5.97 Å². The third kappa shape index (κ3) is 18.8. The number of hydrogen-bond acceptors (Lipinski definition) is 3. The van der Waals surface area contributed by atoms with Crippen LogP contribution in [0.5, 0.6) is 0 Å². The molecule has 0 atom stereocenters. The molecule has 0 radical (unpaired) electrons. The van der Waals surface area contributed by atoms with Crippen LogP contribution in [-0.2, 0) is 14.6 Å². The molecule has 0 saturated heterocycles. The maximum atomic E-state index is 9.60. The van der Waals surface area contributed by atoms with Gasteiger partial charge in [-0.25, -0.2) is 14.6 Å². The molecule has 0 amide bonds. The second-order valence-electron chi connectivity index (χ2n) is 5.48. The molecule has 0 spiro atoms. The van der Waals surface area contributed by atoms with Crippen molar-refractivity contribution in [3.8, 4) is 0 Å².